The van der Waals surface area contributed by atoms with Gasteiger partial charge in [-0.3, -0.25) is 5.41 Å². The van der Waals surface area contributed by atoms with Gasteiger partial charge in [0.25, 0.3) is 0 Å². The number of hydrogen-bond donors (Lipinski definition) is 1. The fourth-order valence-corrected chi connectivity index (χ4v) is 1.69. The lowest BCUT2D eigenvalue weighted by molar-refractivity contribution is 0.417. The van der Waals surface area contributed by atoms with Crippen molar-refractivity contribution in [1.82, 2.24) is 4.90 Å². The van der Waals surface area contributed by atoms with Crippen LogP contribution in [0.25, 0.3) is 0 Å². The molecule has 2 heteroatoms. The quantitative estimate of drug-likeness (QED) is 0.597. The number of nitrogens with one attached hydrogen (secondary N) is 1. The molecule has 0 aliphatic rings. The number of benzene rings is 1. The molecule has 0 heterocycles. The van der Waals surface area contributed by atoms with E-state index in [-0.39, 0.29) is 5.41 Å². The van der Waals surface area contributed by atoms with Gasteiger partial charge >= 0.3 is 0 Å². The molecule has 0 aromatic heterocycles. The lowest BCUT2D eigenvalue weighted by atomic mass is 9.94. The zero-order valence-electron chi connectivity index (χ0n) is 11.0. The summed E-state index contributed by atoms with van der Waals surface area (Å²) in [6.45, 7) is 9.14. The van der Waals surface area contributed by atoms with Gasteiger partial charge < -0.3 is 4.90 Å². The fourth-order valence-electron chi connectivity index (χ4n) is 1.69. The van der Waals surface area contributed by atoms with Gasteiger partial charge in [0, 0.05) is 19.0 Å². The van der Waals surface area contributed by atoms with Gasteiger partial charge in [-0.1, -0.05) is 45.0 Å². The smallest absolute Gasteiger partial charge is 0.101 e. The van der Waals surface area contributed by atoms with Crippen molar-refractivity contribution in [3.63, 3.8) is 0 Å². The predicted octanol–water partition coefficient (Wildman–Crippen LogP) is 3.45. The third-order valence-electron chi connectivity index (χ3n) is 2.76. The standard InChI is InChI=1S/C14H22N2/c1-11-8-6-7-9-12(11)10-16(5)13(15)14(2,3)4/h6-9,15H,10H2,1-5H3. The van der Waals surface area contributed by atoms with E-state index in [1.165, 1.54) is 11.1 Å². The number of nitrogens with zero attached hydrogens (tertiary/aromatic N) is 1. The fraction of sp³-hybridized carbons (Fsp3) is 0.500. The van der Waals surface area contributed by atoms with Gasteiger partial charge in [0.2, 0.25) is 0 Å². The van der Waals surface area contributed by atoms with E-state index in [0.29, 0.717) is 5.84 Å². The van der Waals surface area contributed by atoms with E-state index in [1.807, 2.05) is 18.0 Å². The summed E-state index contributed by atoms with van der Waals surface area (Å²) in [5, 5.41) is 8.09. The van der Waals surface area contributed by atoms with E-state index < -0.39 is 0 Å². The van der Waals surface area contributed by atoms with Crippen molar-refractivity contribution in [1.29, 1.82) is 5.41 Å². The molecule has 1 aromatic rings. The average Bonchev–Trinajstić information content (AvgIpc) is 2.19. The molecule has 2 nitrogen and oxygen atoms in total. The van der Waals surface area contributed by atoms with Crippen LogP contribution in [-0.4, -0.2) is 17.8 Å². The molecule has 0 fully saturated rings. The predicted molar refractivity (Wildman–Crippen MR) is 69.8 cm³/mol. The maximum Gasteiger partial charge on any atom is 0.101 e. The summed E-state index contributed by atoms with van der Waals surface area (Å²) in [5.41, 5.74) is 2.49. The molecule has 0 radical (unpaired) electrons. The maximum atomic E-state index is 8.09. The Labute approximate surface area is 98.8 Å². The maximum absolute atomic E-state index is 8.09. The summed E-state index contributed by atoms with van der Waals surface area (Å²) in [7, 11) is 1.99. The Balaban J connectivity index is 2.76. The first-order valence-corrected chi connectivity index (χ1v) is 5.67. The van der Waals surface area contributed by atoms with Crippen LogP contribution < -0.4 is 0 Å². The number of hydrogen-bond acceptors (Lipinski definition) is 1. The summed E-state index contributed by atoms with van der Waals surface area (Å²) in [6.07, 6.45) is 0. The zero-order chi connectivity index (χ0) is 12.3. The Morgan fingerprint density at radius 3 is 2.31 bits per heavy atom. The van der Waals surface area contributed by atoms with Gasteiger partial charge in [0.05, 0.1) is 0 Å². The Bertz CT molecular complexity index is 375. The molecular weight excluding hydrogens is 196 g/mol. The second-order valence-corrected chi connectivity index (χ2v) is 5.38. The van der Waals surface area contributed by atoms with Crippen molar-refractivity contribution < 1.29 is 0 Å². The van der Waals surface area contributed by atoms with Gasteiger partial charge in [-0.05, 0) is 18.1 Å². The van der Waals surface area contributed by atoms with Gasteiger partial charge in [-0.25, -0.2) is 0 Å². The summed E-state index contributed by atoms with van der Waals surface area (Å²) in [4.78, 5) is 2.02. The topological polar surface area (TPSA) is 27.1 Å². The molecule has 0 spiro atoms. The van der Waals surface area contributed by atoms with E-state index in [2.05, 4.69) is 45.9 Å². The van der Waals surface area contributed by atoms with E-state index in [4.69, 9.17) is 5.41 Å². The minimum Gasteiger partial charge on any atom is -0.359 e. The Morgan fingerprint density at radius 2 is 1.81 bits per heavy atom. The van der Waals surface area contributed by atoms with Crippen LogP contribution in [0, 0.1) is 17.7 Å². The highest BCUT2D eigenvalue weighted by Crippen LogP contribution is 2.19. The molecule has 0 saturated heterocycles. The molecule has 0 amide bonds. The van der Waals surface area contributed by atoms with E-state index in [9.17, 15) is 0 Å². The van der Waals surface area contributed by atoms with Gasteiger partial charge in [-0.15, -0.1) is 0 Å². The molecule has 0 atom stereocenters. The number of rotatable bonds is 2. The van der Waals surface area contributed by atoms with Crippen LogP contribution in [0.1, 0.15) is 31.9 Å². The molecule has 1 aromatic carbocycles. The molecule has 0 aliphatic heterocycles. The van der Waals surface area contributed by atoms with Crippen LogP contribution in [0.5, 0.6) is 0 Å². The van der Waals surface area contributed by atoms with E-state index in [0.717, 1.165) is 6.54 Å². The van der Waals surface area contributed by atoms with Gasteiger partial charge in [0.15, 0.2) is 0 Å². The van der Waals surface area contributed by atoms with Gasteiger partial charge in [0.1, 0.15) is 5.84 Å². The first-order chi connectivity index (χ1) is 7.32. The third-order valence-corrected chi connectivity index (χ3v) is 2.76. The molecule has 0 unspecified atom stereocenters. The van der Waals surface area contributed by atoms with Crippen LogP contribution in [0.4, 0.5) is 0 Å². The largest absolute Gasteiger partial charge is 0.359 e. The van der Waals surface area contributed by atoms with Crippen LogP contribution in [0.15, 0.2) is 24.3 Å². The Kier molecular flexibility index (Phi) is 3.74. The molecular formula is C14H22N2. The normalized spacial score (nSPS) is 11.3. The van der Waals surface area contributed by atoms with Crippen molar-refractivity contribution in [2.45, 2.75) is 34.2 Å². The third kappa shape index (κ3) is 3.09. The first-order valence-electron chi connectivity index (χ1n) is 5.67. The first kappa shape index (κ1) is 12.8. The number of aryl methyl sites for hydroxylation is 1. The number of amidine groups is 1. The zero-order valence-corrected chi connectivity index (χ0v) is 11.0. The highest BCUT2D eigenvalue weighted by atomic mass is 15.1. The summed E-state index contributed by atoms with van der Waals surface area (Å²) in [5.74, 6) is 0.677. The van der Waals surface area contributed by atoms with Crippen LogP contribution in [0.3, 0.4) is 0 Å². The average molecular weight is 218 g/mol. The molecule has 0 bridgehead atoms. The summed E-state index contributed by atoms with van der Waals surface area (Å²) < 4.78 is 0. The van der Waals surface area contributed by atoms with Crippen molar-refractivity contribution in [2.75, 3.05) is 7.05 Å². The molecule has 0 aliphatic carbocycles. The lowest BCUT2D eigenvalue weighted by Crippen LogP contribution is -2.35. The summed E-state index contributed by atoms with van der Waals surface area (Å²) in [6, 6.07) is 8.34. The van der Waals surface area contributed by atoms with E-state index in [1.54, 1.807) is 0 Å². The Morgan fingerprint density at radius 1 is 1.25 bits per heavy atom. The second kappa shape index (κ2) is 4.69. The van der Waals surface area contributed by atoms with Crippen LogP contribution in [-0.2, 0) is 6.54 Å². The molecule has 1 N–H and O–H groups in total. The van der Waals surface area contributed by atoms with Crippen molar-refractivity contribution >= 4 is 5.84 Å². The van der Waals surface area contributed by atoms with Crippen LogP contribution in [0.2, 0.25) is 0 Å². The minimum atomic E-state index is -0.0859. The van der Waals surface area contributed by atoms with Crippen molar-refractivity contribution in [3.05, 3.63) is 35.4 Å². The second-order valence-electron chi connectivity index (χ2n) is 5.38. The highest BCUT2D eigenvalue weighted by molar-refractivity contribution is 5.84. The SMILES string of the molecule is Cc1ccccc1CN(C)C(=N)C(C)(C)C. The van der Waals surface area contributed by atoms with E-state index >= 15 is 0 Å². The Hall–Kier alpha value is -1.31. The molecule has 1 rings (SSSR count). The minimum absolute atomic E-state index is 0.0859. The van der Waals surface area contributed by atoms with Crippen LogP contribution >= 0.6 is 0 Å². The lowest BCUT2D eigenvalue weighted by Gasteiger charge is -2.29. The highest BCUT2D eigenvalue weighted by Gasteiger charge is 2.20. The van der Waals surface area contributed by atoms with Crippen molar-refractivity contribution in [3.8, 4) is 0 Å². The van der Waals surface area contributed by atoms with Gasteiger partial charge in [-0.2, -0.15) is 0 Å². The van der Waals surface area contributed by atoms with Crippen molar-refractivity contribution in [2.24, 2.45) is 5.41 Å². The monoisotopic (exact) mass is 218 g/mol. The molecule has 88 valence electrons. The molecule has 16 heavy (non-hydrogen) atoms. The molecule has 0 saturated carbocycles. The summed E-state index contributed by atoms with van der Waals surface area (Å²) >= 11 is 0.